The maximum absolute atomic E-state index is 5.11. The minimum atomic E-state index is 0. The molecule has 0 rings (SSSR count). The highest BCUT2D eigenvalue weighted by atomic mass is 35.5. The first-order valence-corrected chi connectivity index (χ1v) is 1.40. The van der Waals surface area contributed by atoms with Crippen molar-refractivity contribution in [1.82, 2.24) is 4.42 Å². The summed E-state index contributed by atoms with van der Waals surface area (Å²) in [6.45, 7) is 0. The Bertz CT molecular complexity index is 14.4. The van der Waals surface area contributed by atoms with Gasteiger partial charge in [-0.15, -0.1) is 0 Å². The van der Waals surface area contributed by atoms with Gasteiger partial charge in [0.2, 0.25) is 0 Å². The molecule has 0 N–H and O–H groups in total. The highest BCUT2D eigenvalue weighted by Gasteiger charge is 1.62. The van der Waals surface area contributed by atoms with Crippen LogP contribution in [-0.4, -0.2) is 18.5 Å². The van der Waals surface area contributed by atoms with E-state index in [1.54, 1.807) is 14.1 Å². The molecular formula is C2H7ClN+. The monoisotopic (exact) mass is 80.0 g/mol. The Labute approximate surface area is 32.8 Å². The Hall–Kier alpha value is 0.250. The van der Waals surface area contributed by atoms with E-state index >= 15 is 0 Å². The smallest absolute Gasteiger partial charge is 0.226 e. The highest BCUT2D eigenvalue weighted by Crippen LogP contribution is 1.71. The lowest BCUT2D eigenvalue weighted by molar-refractivity contribution is 0.681. The Morgan fingerprint density at radius 3 is 1.75 bits per heavy atom. The van der Waals surface area contributed by atoms with Crippen LogP contribution in [0.1, 0.15) is 1.43 Å². The summed E-state index contributed by atoms with van der Waals surface area (Å²) < 4.78 is 1.47. The topological polar surface area (TPSA) is 3.24 Å². The minimum absolute atomic E-state index is 0. The van der Waals surface area contributed by atoms with Crippen molar-refractivity contribution in [1.29, 1.82) is 0 Å². The largest absolute Gasteiger partial charge is 1.00 e. The van der Waals surface area contributed by atoms with E-state index < -0.39 is 0 Å². The van der Waals surface area contributed by atoms with Crippen molar-refractivity contribution < 1.29 is 1.43 Å². The third kappa shape index (κ3) is 56.3. The van der Waals surface area contributed by atoms with E-state index in [0.717, 1.165) is 0 Å². The van der Waals surface area contributed by atoms with Crippen molar-refractivity contribution in [2.75, 3.05) is 14.1 Å². The molecule has 1 nitrogen and oxygen atoms in total. The van der Waals surface area contributed by atoms with Crippen molar-refractivity contribution in [3.05, 3.63) is 0 Å². The van der Waals surface area contributed by atoms with Gasteiger partial charge >= 0.3 is 1.43 Å². The van der Waals surface area contributed by atoms with Crippen LogP contribution in [0, 0.1) is 0 Å². The number of hydrogen-bond acceptors (Lipinski definition) is 1. The lowest BCUT2D eigenvalue weighted by atomic mass is 11.3. The zero-order valence-corrected chi connectivity index (χ0v) is 3.58. The molecule has 0 heterocycles. The molecule has 0 amide bonds. The zero-order valence-electron chi connectivity index (χ0n) is 3.83. The SMILES string of the molecule is CN(C)Cl.[H+]. The number of hydrogen-bond donors (Lipinski definition) is 0. The molecule has 2 heteroatoms. The second kappa shape index (κ2) is 1.56. The van der Waals surface area contributed by atoms with Crippen LogP contribution in [-0.2, 0) is 0 Å². The molecule has 0 fully saturated rings. The van der Waals surface area contributed by atoms with Crippen LogP contribution in [0.3, 0.4) is 0 Å². The molecule has 26 valence electrons. The highest BCUT2D eigenvalue weighted by molar-refractivity contribution is 6.12. The first-order valence-electron chi connectivity index (χ1n) is 1.06. The Morgan fingerprint density at radius 1 is 1.75 bits per heavy atom. The molecule has 4 heavy (non-hydrogen) atoms. The summed E-state index contributed by atoms with van der Waals surface area (Å²) in [6.07, 6.45) is 0. The van der Waals surface area contributed by atoms with Gasteiger partial charge in [-0.1, -0.05) is 0 Å². The molecule has 0 aliphatic carbocycles. The molecule has 0 spiro atoms. The predicted octanol–water partition coefficient (Wildman–Crippen LogP) is 0.814. The summed E-state index contributed by atoms with van der Waals surface area (Å²) in [7, 11) is 3.53. The average Bonchev–Trinajstić information content (AvgIpc) is 0.811. The molecule has 0 bridgehead atoms. The molecular weight excluding hydrogens is 73.5 g/mol. The molecule has 0 aromatic rings. The fourth-order valence-electron chi connectivity index (χ4n) is 0. The van der Waals surface area contributed by atoms with Gasteiger partial charge in [0.05, 0.1) is 0 Å². The van der Waals surface area contributed by atoms with E-state index in [2.05, 4.69) is 0 Å². The van der Waals surface area contributed by atoms with E-state index in [9.17, 15) is 0 Å². The molecule has 0 aliphatic rings. The maximum atomic E-state index is 5.11. The molecule has 0 saturated carbocycles. The molecule has 0 unspecified atom stereocenters. The second-order valence-electron chi connectivity index (χ2n) is 0.785. The first-order chi connectivity index (χ1) is 1.73. The number of nitrogens with zero attached hydrogens (tertiary/aromatic N) is 1. The van der Waals surface area contributed by atoms with Crippen LogP contribution in [0.4, 0.5) is 0 Å². The van der Waals surface area contributed by atoms with E-state index in [1.807, 2.05) is 0 Å². The van der Waals surface area contributed by atoms with Crippen LogP contribution in [0.15, 0.2) is 0 Å². The maximum Gasteiger partial charge on any atom is 1.00 e. The lowest BCUT2D eigenvalue weighted by Gasteiger charge is -1.85. The molecule has 0 radical (unpaired) electrons. The third-order valence-corrected chi connectivity index (χ3v) is 0. The van der Waals surface area contributed by atoms with Crippen molar-refractivity contribution in [2.45, 2.75) is 0 Å². The van der Waals surface area contributed by atoms with Crippen LogP contribution < -0.4 is 0 Å². The van der Waals surface area contributed by atoms with Crippen LogP contribution in [0.25, 0.3) is 0 Å². The van der Waals surface area contributed by atoms with Crippen molar-refractivity contribution in [3.8, 4) is 0 Å². The zero-order chi connectivity index (χ0) is 3.58. The average molecular weight is 80.5 g/mol. The van der Waals surface area contributed by atoms with Gasteiger partial charge in [-0.3, -0.25) is 0 Å². The van der Waals surface area contributed by atoms with Crippen LogP contribution >= 0.6 is 11.8 Å². The predicted molar refractivity (Wildman–Crippen MR) is 20.7 cm³/mol. The van der Waals surface area contributed by atoms with E-state index in [4.69, 9.17) is 11.8 Å². The third-order valence-electron chi connectivity index (χ3n) is 0. The fraction of sp³-hybridized carbons (Fsp3) is 1.00. The Balaban J connectivity index is 0. The van der Waals surface area contributed by atoms with Gasteiger partial charge in [-0.25, -0.2) is 4.42 Å². The van der Waals surface area contributed by atoms with Gasteiger partial charge < -0.3 is 0 Å². The summed E-state index contributed by atoms with van der Waals surface area (Å²) in [4.78, 5) is 0. The lowest BCUT2D eigenvalue weighted by Crippen LogP contribution is -1.89. The van der Waals surface area contributed by atoms with Gasteiger partial charge in [0.1, 0.15) is 0 Å². The van der Waals surface area contributed by atoms with Crippen molar-refractivity contribution in [2.24, 2.45) is 0 Å². The second-order valence-corrected chi connectivity index (χ2v) is 1.46. The molecule has 0 aliphatic heterocycles. The number of rotatable bonds is 0. The first kappa shape index (κ1) is 4.25. The molecule has 0 aromatic heterocycles. The normalized spacial score (nSPS) is 9.00. The van der Waals surface area contributed by atoms with Gasteiger partial charge in [0, 0.05) is 14.1 Å². The standard InChI is InChI=1S/C2H6ClN/c1-4(2)3/h1-2H3/p+1. The van der Waals surface area contributed by atoms with E-state index in [0.29, 0.717) is 0 Å². The summed E-state index contributed by atoms with van der Waals surface area (Å²) >= 11 is 5.11. The molecule has 0 saturated heterocycles. The quantitative estimate of drug-likeness (QED) is 0.390. The summed E-state index contributed by atoms with van der Waals surface area (Å²) in [5.74, 6) is 0. The fourth-order valence-corrected chi connectivity index (χ4v) is 0. The Kier molecular flexibility index (Phi) is 1.66. The van der Waals surface area contributed by atoms with Gasteiger partial charge in [0.15, 0.2) is 0 Å². The molecule has 0 aromatic carbocycles. The summed E-state index contributed by atoms with van der Waals surface area (Å²) in [6, 6.07) is 0. The van der Waals surface area contributed by atoms with Crippen molar-refractivity contribution in [3.63, 3.8) is 0 Å². The van der Waals surface area contributed by atoms with Crippen LogP contribution in [0.5, 0.6) is 0 Å². The van der Waals surface area contributed by atoms with E-state index in [1.165, 1.54) is 4.42 Å². The Morgan fingerprint density at radius 2 is 1.75 bits per heavy atom. The minimum Gasteiger partial charge on any atom is -0.226 e. The van der Waals surface area contributed by atoms with Crippen molar-refractivity contribution >= 4 is 11.8 Å². The van der Waals surface area contributed by atoms with Gasteiger partial charge in [-0.2, -0.15) is 0 Å². The van der Waals surface area contributed by atoms with E-state index in [-0.39, 0.29) is 1.43 Å². The van der Waals surface area contributed by atoms with Gasteiger partial charge in [-0.05, 0) is 11.8 Å². The molecule has 0 atom stereocenters. The van der Waals surface area contributed by atoms with Crippen LogP contribution in [0.2, 0.25) is 0 Å². The van der Waals surface area contributed by atoms with Gasteiger partial charge in [0.25, 0.3) is 0 Å². The number of halogens is 1. The summed E-state index contributed by atoms with van der Waals surface area (Å²) in [5.41, 5.74) is 0. The summed E-state index contributed by atoms with van der Waals surface area (Å²) in [5, 5.41) is 0.